The average Bonchev–Trinajstić information content (AvgIpc) is 3.26. The molecule has 0 unspecified atom stereocenters. The van der Waals surface area contributed by atoms with E-state index >= 15 is 0 Å². The van der Waals surface area contributed by atoms with Gasteiger partial charge in [-0.2, -0.15) is 5.10 Å². The third-order valence-corrected chi connectivity index (χ3v) is 5.78. The van der Waals surface area contributed by atoms with Crippen LogP contribution in [0.3, 0.4) is 0 Å². The van der Waals surface area contributed by atoms with Gasteiger partial charge in [-0.1, -0.05) is 35.9 Å². The molecule has 2 heterocycles. The van der Waals surface area contributed by atoms with Crippen LogP contribution in [0.15, 0.2) is 60.8 Å². The van der Waals surface area contributed by atoms with Crippen LogP contribution in [0, 0.1) is 0 Å². The SMILES string of the molecule is O=C(O)c1ccc(CNC(=O)c2cc3c(c4cnn(Cc5cccc(Cl)c5)c24)OCCO3)cc1. The molecule has 1 amide bonds. The summed E-state index contributed by atoms with van der Waals surface area (Å²) in [4.78, 5) is 24.3. The van der Waals surface area contributed by atoms with Crippen molar-refractivity contribution in [2.24, 2.45) is 0 Å². The number of carbonyl (C=O) groups excluding carboxylic acids is 1. The summed E-state index contributed by atoms with van der Waals surface area (Å²) in [7, 11) is 0. The number of nitrogens with one attached hydrogen (secondary N) is 1. The summed E-state index contributed by atoms with van der Waals surface area (Å²) in [5.41, 5.74) is 2.94. The molecule has 34 heavy (non-hydrogen) atoms. The van der Waals surface area contributed by atoms with Gasteiger partial charge in [-0.05, 0) is 41.5 Å². The van der Waals surface area contributed by atoms with Gasteiger partial charge in [-0.25, -0.2) is 4.79 Å². The molecule has 0 radical (unpaired) electrons. The van der Waals surface area contributed by atoms with E-state index in [0.29, 0.717) is 52.7 Å². The summed E-state index contributed by atoms with van der Waals surface area (Å²) in [5, 5.41) is 17.8. The van der Waals surface area contributed by atoms with Gasteiger partial charge in [0, 0.05) is 11.6 Å². The van der Waals surface area contributed by atoms with Gasteiger partial charge in [0.2, 0.25) is 0 Å². The summed E-state index contributed by atoms with van der Waals surface area (Å²) in [6.07, 6.45) is 1.68. The van der Waals surface area contributed by atoms with Crippen molar-refractivity contribution in [1.29, 1.82) is 0 Å². The fraction of sp³-hybridized carbons (Fsp3) is 0.160. The molecule has 3 aromatic carbocycles. The summed E-state index contributed by atoms with van der Waals surface area (Å²) < 4.78 is 13.3. The summed E-state index contributed by atoms with van der Waals surface area (Å²) in [6.45, 7) is 1.46. The first-order chi connectivity index (χ1) is 16.5. The van der Waals surface area contributed by atoms with Crippen molar-refractivity contribution in [1.82, 2.24) is 15.1 Å². The maximum absolute atomic E-state index is 13.3. The molecular formula is C25H20ClN3O5. The Kier molecular flexibility index (Phi) is 5.81. The fourth-order valence-electron chi connectivity index (χ4n) is 3.93. The van der Waals surface area contributed by atoms with E-state index in [1.807, 2.05) is 18.2 Å². The monoisotopic (exact) mass is 477 g/mol. The molecule has 1 aliphatic heterocycles. The van der Waals surface area contributed by atoms with Crippen molar-refractivity contribution >= 4 is 34.4 Å². The van der Waals surface area contributed by atoms with E-state index in [9.17, 15) is 9.59 Å². The predicted octanol–water partition coefficient (Wildman–Crippen LogP) is 4.14. The van der Waals surface area contributed by atoms with Crippen molar-refractivity contribution in [3.8, 4) is 11.5 Å². The van der Waals surface area contributed by atoms with Crippen LogP contribution in [0.25, 0.3) is 10.9 Å². The maximum atomic E-state index is 13.3. The van der Waals surface area contributed by atoms with Crippen molar-refractivity contribution in [3.05, 3.63) is 88.1 Å². The maximum Gasteiger partial charge on any atom is 0.335 e. The molecule has 0 atom stereocenters. The number of carbonyl (C=O) groups is 2. The second kappa shape index (κ2) is 9.07. The number of amides is 1. The number of benzene rings is 3. The van der Waals surface area contributed by atoms with E-state index in [1.165, 1.54) is 12.1 Å². The molecule has 0 saturated heterocycles. The minimum atomic E-state index is -0.998. The van der Waals surface area contributed by atoms with Gasteiger partial charge < -0.3 is 19.9 Å². The molecule has 172 valence electrons. The Labute approximate surface area is 199 Å². The number of fused-ring (bicyclic) bond motifs is 3. The van der Waals surface area contributed by atoms with Gasteiger partial charge in [0.15, 0.2) is 11.5 Å². The molecule has 4 aromatic rings. The third-order valence-electron chi connectivity index (χ3n) is 5.55. The van der Waals surface area contributed by atoms with Crippen molar-refractivity contribution < 1.29 is 24.2 Å². The number of nitrogens with zero attached hydrogens (tertiary/aromatic N) is 2. The Hall–Kier alpha value is -4.04. The second-order valence-electron chi connectivity index (χ2n) is 7.83. The highest BCUT2D eigenvalue weighted by atomic mass is 35.5. The minimum Gasteiger partial charge on any atom is -0.486 e. The number of ether oxygens (including phenoxy) is 2. The fourth-order valence-corrected chi connectivity index (χ4v) is 4.14. The van der Waals surface area contributed by atoms with Crippen molar-refractivity contribution in [2.75, 3.05) is 13.2 Å². The van der Waals surface area contributed by atoms with E-state index in [2.05, 4.69) is 10.4 Å². The van der Waals surface area contributed by atoms with Crippen LogP contribution >= 0.6 is 11.6 Å². The Morgan fingerprint density at radius 1 is 1.06 bits per heavy atom. The third kappa shape index (κ3) is 4.27. The average molecular weight is 478 g/mol. The first-order valence-electron chi connectivity index (χ1n) is 10.6. The molecule has 5 rings (SSSR count). The zero-order valence-electron chi connectivity index (χ0n) is 18.0. The number of rotatable bonds is 6. The lowest BCUT2D eigenvalue weighted by molar-refractivity contribution is 0.0696. The Morgan fingerprint density at radius 2 is 1.85 bits per heavy atom. The van der Waals surface area contributed by atoms with Gasteiger partial charge in [-0.15, -0.1) is 0 Å². The largest absolute Gasteiger partial charge is 0.486 e. The van der Waals surface area contributed by atoms with Crippen molar-refractivity contribution in [3.63, 3.8) is 0 Å². The summed E-state index contributed by atoms with van der Waals surface area (Å²) in [5.74, 6) is -0.240. The number of hydrogen-bond donors (Lipinski definition) is 2. The summed E-state index contributed by atoms with van der Waals surface area (Å²) >= 11 is 6.14. The van der Waals surface area contributed by atoms with E-state index in [0.717, 1.165) is 11.1 Å². The second-order valence-corrected chi connectivity index (χ2v) is 8.26. The lowest BCUT2D eigenvalue weighted by atomic mass is 10.1. The Balaban J connectivity index is 1.49. The molecule has 0 saturated carbocycles. The Morgan fingerprint density at radius 3 is 2.62 bits per heavy atom. The van der Waals surface area contributed by atoms with Gasteiger partial charge in [-0.3, -0.25) is 9.48 Å². The normalized spacial score (nSPS) is 12.5. The molecule has 1 aromatic heterocycles. The molecule has 0 fully saturated rings. The van der Waals surface area contributed by atoms with Gasteiger partial charge in [0.05, 0.1) is 34.8 Å². The molecule has 2 N–H and O–H groups in total. The van der Waals surface area contributed by atoms with Crippen LogP contribution in [-0.2, 0) is 13.1 Å². The standard InChI is InChI=1S/C25H20ClN3O5/c26-18-3-1-2-16(10-18)14-29-22-19(11-21-23(20(22)13-28-29)34-9-8-33-21)24(30)27-12-15-4-6-17(7-5-15)25(31)32/h1-7,10-11,13H,8-9,12,14H2,(H,27,30)(H,31,32). The lowest BCUT2D eigenvalue weighted by Gasteiger charge is -2.20. The first kappa shape index (κ1) is 21.8. The number of aromatic nitrogens is 2. The molecule has 0 spiro atoms. The topological polar surface area (TPSA) is 103 Å². The van der Waals surface area contributed by atoms with Crippen molar-refractivity contribution in [2.45, 2.75) is 13.1 Å². The highest BCUT2D eigenvalue weighted by molar-refractivity contribution is 6.30. The van der Waals surface area contributed by atoms with Gasteiger partial charge >= 0.3 is 5.97 Å². The van der Waals surface area contributed by atoms with Crippen LogP contribution in [-0.4, -0.2) is 40.0 Å². The van der Waals surface area contributed by atoms with Crippen LogP contribution < -0.4 is 14.8 Å². The minimum absolute atomic E-state index is 0.188. The highest BCUT2D eigenvalue weighted by Crippen LogP contribution is 2.40. The zero-order chi connectivity index (χ0) is 23.7. The number of carboxylic acids is 1. The van der Waals surface area contributed by atoms with E-state index in [4.69, 9.17) is 26.2 Å². The van der Waals surface area contributed by atoms with Crippen LogP contribution in [0.2, 0.25) is 5.02 Å². The van der Waals surface area contributed by atoms with Crippen LogP contribution in [0.4, 0.5) is 0 Å². The molecular weight excluding hydrogens is 458 g/mol. The quantitative estimate of drug-likeness (QED) is 0.432. The smallest absolute Gasteiger partial charge is 0.335 e. The molecule has 0 aliphatic carbocycles. The number of hydrogen-bond acceptors (Lipinski definition) is 5. The number of halogens is 1. The lowest BCUT2D eigenvalue weighted by Crippen LogP contribution is -2.24. The Bertz CT molecular complexity index is 1400. The van der Waals surface area contributed by atoms with Gasteiger partial charge in [0.25, 0.3) is 5.91 Å². The zero-order valence-corrected chi connectivity index (χ0v) is 18.7. The highest BCUT2D eigenvalue weighted by Gasteiger charge is 2.24. The molecule has 0 bridgehead atoms. The summed E-state index contributed by atoms with van der Waals surface area (Å²) in [6, 6.07) is 15.5. The van der Waals surface area contributed by atoms with Gasteiger partial charge in [0.1, 0.15) is 13.2 Å². The van der Waals surface area contributed by atoms with Crippen LogP contribution in [0.5, 0.6) is 11.5 Å². The first-order valence-corrected chi connectivity index (χ1v) is 11.0. The number of carboxylic acid groups (broad SMARTS) is 1. The predicted molar refractivity (Wildman–Crippen MR) is 126 cm³/mol. The van der Waals surface area contributed by atoms with Crippen LogP contribution in [0.1, 0.15) is 31.8 Å². The van der Waals surface area contributed by atoms with E-state index in [-0.39, 0.29) is 18.0 Å². The number of aromatic carboxylic acids is 1. The molecule has 1 aliphatic rings. The molecule has 9 heteroatoms. The van der Waals surface area contributed by atoms with E-state index in [1.54, 1.807) is 35.1 Å². The van der Waals surface area contributed by atoms with E-state index < -0.39 is 5.97 Å². The molecule has 8 nitrogen and oxygen atoms in total.